The van der Waals surface area contributed by atoms with Crippen LogP contribution in [0.4, 0.5) is 18.9 Å². The van der Waals surface area contributed by atoms with Gasteiger partial charge in [-0.3, -0.25) is 24.1 Å². The van der Waals surface area contributed by atoms with E-state index in [1.54, 1.807) is 78.9 Å². The lowest BCUT2D eigenvalue weighted by Gasteiger charge is -2.16. The van der Waals surface area contributed by atoms with Crippen molar-refractivity contribution in [2.45, 2.75) is 6.92 Å². The number of aromatic nitrogens is 1. The second kappa shape index (κ2) is 11.1. The summed E-state index contributed by atoms with van der Waals surface area (Å²) in [5.74, 6) is -5.94. The molecule has 7 nitrogen and oxygen atoms in total. The maximum Gasteiger partial charge on any atom is 0.266 e. The minimum Gasteiger partial charge on any atom is -0.309 e. The second-order valence-corrected chi connectivity index (χ2v) is 13.0. The van der Waals surface area contributed by atoms with Crippen LogP contribution in [0, 0.1) is 24.4 Å². The highest BCUT2D eigenvalue weighted by Crippen LogP contribution is 2.40. The van der Waals surface area contributed by atoms with Gasteiger partial charge in [0.2, 0.25) is 0 Å². The number of fused-ring (bicyclic) bond motifs is 5. The maximum atomic E-state index is 14.4. The predicted octanol–water partition coefficient (Wildman–Crippen LogP) is 8.87. The van der Waals surface area contributed by atoms with Gasteiger partial charge in [-0.05, 0) is 96.4 Å². The van der Waals surface area contributed by atoms with E-state index in [-0.39, 0.29) is 28.2 Å². The van der Waals surface area contributed by atoms with Crippen LogP contribution in [-0.4, -0.2) is 40.1 Å². The Hall–Kier alpha value is -6.81. The summed E-state index contributed by atoms with van der Waals surface area (Å²) >= 11 is 0. The van der Waals surface area contributed by atoms with Gasteiger partial charge in [-0.2, -0.15) is 0 Å². The Morgan fingerprint density at radius 3 is 1.75 bits per heavy atom. The molecule has 10 heteroatoms. The number of aryl methyl sites for hydroxylation is 1. The molecule has 52 heavy (non-hydrogen) atoms. The van der Waals surface area contributed by atoms with Crippen LogP contribution >= 0.6 is 0 Å². The third kappa shape index (κ3) is 4.40. The van der Waals surface area contributed by atoms with Gasteiger partial charge in [0.15, 0.2) is 17.5 Å². The van der Waals surface area contributed by atoms with Crippen molar-refractivity contribution >= 4 is 51.1 Å². The molecule has 0 saturated carbocycles. The van der Waals surface area contributed by atoms with Gasteiger partial charge in [0.05, 0.1) is 44.7 Å². The van der Waals surface area contributed by atoms with Crippen molar-refractivity contribution in [3.05, 3.63) is 154 Å². The first-order valence-electron chi connectivity index (χ1n) is 16.3. The van der Waals surface area contributed by atoms with Crippen molar-refractivity contribution < 1.29 is 32.3 Å². The Morgan fingerprint density at radius 2 is 1.06 bits per heavy atom. The Morgan fingerprint density at radius 1 is 0.500 bits per heavy atom. The van der Waals surface area contributed by atoms with E-state index < -0.39 is 35.2 Å². The molecule has 7 aromatic rings. The number of anilines is 1. The van der Waals surface area contributed by atoms with E-state index in [0.717, 1.165) is 43.8 Å². The number of hydrogen-bond donors (Lipinski definition) is 0. The van der Waals surface area contributed by atoms with Crippen LogP contribution in [0.3, 0.4) is 0 Å². The Labute approximate surface area is 293 Å². The molecule has 3 heterocycles. The highest BCUT2D eigenvalue weighted by Gasteiger charge is 2.38. The smallest absolute Gasteiger partial charge is 0.266 e. The number of rotatable bonds is 4. The molecule has 2 aliphatic heterocycles. The number of carbonyl (C=O) groups is 4. The van der Waals surface area contributed by atoms with Gasteiger partial charge in [-0.15, -0.1) is 0 Å². The normalized spacial score (nSPS) is 13.9. The van der Waals surface area contributed by atoms with E-state index in [2.05, 4.69) is 0 Å². The molecule has 0 aliphatic carbocycles. The number of halogens is 3. The van der Waals surface area contributed by atoms with E-state index >= 15 is 0 Å². The van der Waals surface area contributed by atoms with E-state index in [1.165, 1.54) is 7.05 Å². The first-order chi connectivity index (χ1) is 25.0. The summed E-state index contributed by atoms with van der Waals surface area (Å²) in [6, 6.07) is 29.9. The van der Waals surface area contributed by atoms with Crippen LogP contribution in [0.15, 0.2) is 109 Å². The van der Waals surface area contributed by atoms with Gasteiger partial charge in [0.25, 0.3) is 23.6 Å². The summed E-state index contributed by atoms with van der Waals surface area (Å²) in [6.07, 6.45) is 0. The second-order valence-electron chi connectivity index (χ2n) is 13.0. The van der Waals surface area contributed by atoms with Crippen molar-refractivity contribution in [3.8, 4) is 27.9 Å². The quantitative estimate of drug-likeness (QED) is 0.137. The topological polar surface area (TPSA) is 79.7 Å². The fourth-order valence-corrected chi connectivity index (χ4v) is 7.34. The lowest BCUT2D eigenvalue weighted by atomic mass is 9.97. The van der Waals surface area contributed by atoms with Gasteiger partial charge in [-0.25, -0.2) is 18.1 Å². The third-order valence-corrected chi connectivity index (χ3v) is 9.91. The number of para-hydroxylation sites is 1. The molecule has 0 saturated heterocycles. The molecule has 1 aromatic heterocycles. The number of imide groups is 2. The molecule has 0 N–H and O–H groups in total. The predicted molar refractivity (Wildman–Crippen MR) is 190 cm³/mol. The standard InChI is InChI=1S/C42H24F3N3O4/c1-21-7-13-36-29(15-21)30-20-25(10-14-37(30)48(36)35-6-4-3-5-26(35)24-18-33(43)38(45)34(44)19-24)47-41(51)28-12-9-23(17-32(28)42(47)52)22-8-11-27-31(16-22)40(50)46(2)39(27)49/h3-20H,1-2H3. The van der Waals surface area contributed by atoms with E-state index in [4.69, 9.17) is 0 Å². The van der Waals surface area contributed by atoms with Crippen LogP contribution in [0.2, 0.25) is 0 Å². The zero-order valence-electron chi connectivity index (χ0n) is 27.5. The van der Waals surface area contributed by atoms with Crippen LogP contribution < -0.4 is 4.90 Å². The van der Waals surface area contributed by atoms with Crippen LogP contribution in [-0.2, 0) is 0 Å². The fourth-order valence-electron chi connectivity index (χ4n) is 7.34. The molecule has 9 rings (SSSR count). The molecular formula is C42H24F3N3O4. The highest BCUT2D eigenvalue weighted by molar-refractivity contribution is 6.35. The molecule has 4 amide bonds. The molecule has 0 fully saturated rings. The van der Waals surface area contributed by atoms with Gasteiger partial charge < -0.3 is 4.57 Å². The van der Waals surface area contributed by atoms with E-state index in [9.17, 15) is 32.3 Å². The molecular weight excluding hydrogens is 667 g/mol. The Bertz CT molecular complexity index is 2780. The van der Waals surface area contributed by atoms with Crippen molar-refractivity contribution in [1.82, 2.24) is 9.47 Å². The molecule has 0 radical (unpaired) electrons. The summed E-state index contributed by atoms with van der Waals surface area (Å²) < 4.78 is 44.6. The summed E-state index contributed by atoms with van der Waals surface area (Å²) in [5.41, 5.74) is 6.22. The zero-order valence-corrected chi connectivity index (χ0v) is 27.5. The van der Waals surface area contributed by atoms with Crippen LogP contribution in [0.5, 0.6) is 0 Å². The summed E-state index contributed by atoms with van der Waals surface area (Å²) in [4.78, 5) is 55.0. The summed E-state index contributed by atoms with van der Waals surface area (Å²) in [5, 5.41) is 1.54. The minimum atomic E-state index is -1.55. The van der Waals surface area contributed by atoms with Gasteiger partial charge >= 0.3 is 0 Å². The monoisotopic (exact) mass is 691 g/mol. The number of benzene rings is 6. The molecule has 0 bridgehead atoms. The molecule has 0 atom stereocenters. The van der Waals surface area contributed by atoms with Gasteiger partial charge in [-0.1, -0.05) is 42.0 Å². The Balaban J connectivity index is 1.15. The van der Waals surface area contributed by atoms with Crippen molar-refractivity contribution in [1.29, 1.82) is 0 Å². The molecule has 252 valence electrons. The molecule has 0 spiro atoms. The maximum absolute atomic E-state index is 14.4. The largest absolute Gasteiger partial charge is 0.309 e. The first-order valence-corrected chi connectivity index (χ1v) is 16.3. The third-order valence-electron chi connectivity index (χ3n) is 9.91. The first kappa shape index (κ1) is 31.2. The zero-order chi connectivity index (χ0) is 36.2. The van der Waals surface area contributed by atoms with Gasteiger partial charge in [0, 0.05) is 23.4 Å². The Kier molecular flexibility index (Phi) is 6.66. The number of amides is 4. The van der Waals surface area contributed by atoms with Crippen molar-refractivity contribution in [2.24, 2.45) is 0 Å². The molecule has 6 aromatic carbocycles. The molecule has 2 aliphatic rings. The average Bonchev–Trinajstić information content (AvgIpc) is 3.69. The van der Waals surface area contributed by atoms with Gasteiger partial charge in [0.1, 0.15) is 0 Å². The van der Waals surface area contributed by atoms with Crippen LogP contribution in [0.1, 0.15) is 47.0 Å². The van der Waals surface area contributed by atoms with E-state index in [0.29, 0.717) is 39.1 Å². The minimum absolute atomic E-state index is 0.156. The molecule has 0 unspecified atom stereocenters. The van der Waals surface area contributed by atoms with Crippen molar-refractivity contribution in [2.75, 3.05) is 11.9 Å². The lowest BCUT2D eigenvalue weighted by molar-refractivity contribution is 0.0692. The average molecular weight is 692 g/mol. The lowest BCUT2D eigenvalue weighted by Crippen LogP contribution is -2.29. The highest BCUT2D eigenvalue weighted by atomic mass is 19.2. The van der Waals surface area contributed by atoms with E-state index in [1.807, 2.05) is 29.7 Å². The number of nitrogens with zero attached hydrogens (tertiary/aromatic N) is 3. The summed E-state index contributed by atoms with van der Waals surface area (Å²) in [6.45, 7) is 1.94. The van der Waals surface area contributed by atoms with Crippen molar-refractivity contribution in [3.63, 3.8) is 0 Å². The SMILES string of the molecule is Cc1ccc2c(c1)c1cc(N3C(=O)c4ccc(-c5ccc6c(c5)C(=O)N(C)C6=O)cc4C3=O)ccc1n2-c1ccccc1-c1cc(F)c(F)c(F)c1. The number of carbonyl (C=O) groups excluding carboxylic acids is 4. The summed E-state index contributed by atoms with van der Waals surface area (Å²) in [7, 11) is 1.42. The number of hydrogen-bond acceptors (Lipinski definition) is 4. The van der Waals surface area contributed by atoms with Crippen LogP contribution in [0.25, 0.3) is 49.7 Å². The fraction of sp³-hybridized carbons (Fsp3) is 0.0476.